The molecule has 0 radical (unpaired) electrons. The number of piperazine rings is 1. The fourth-order valence-corrected chi connectivity index (χ4v) is 4.07. The van der Waals surface area contributed by atoms with Crippen LogP contribution in [0, 0.1) is 5.82 Å². The molecule has 2 fully saturated rings. The maximum atomic E-state index is 14.2. The second-order valence-electron chi connectivity index (χ2n) is 6.72. The molecule has 0 N–H and O–H groups in total. The molecular formula is C18H19FN6. The van der Waals surface area contributed by atoms with Crippen molar-refractivity contribution in [3.05, 3.63) is 42.6 Å². The quantitative estimate of drug-likeness (QED) is 0.717. The number of benzene rings is 1. The Hall–Kier alpha value is -2.54. The standard InChI is InChI=1S/C18H19FN6/c19-15-5-1-2-6-16(15)25-18-14(10-22-25)17(20-12-21-18)24-9-8-23-7-3-4-13(23)11-24/h1-2,5-6,10,12-13H,3-4,7-9,11H2. The predicted octanol–water partition coefficient (Wildman–Crippen LogP) is 2.24. The first-order chi connectivity index (χ1) is 12.3. The summed E-state index contributed by atoms with van der Waals surface area (Å²) in [5.41, 5.74) is 1.05. The Kier molecular flexibility index (Phi) is 3.41. The van der Waals surface area contributed by atoms with Gasteiger partial charge in [0.15, 0.2) is 5.65 Å². The van der Waals surface area contributed by atoms with Gasteiger partial charge in [0.2, 0.25) is 0 Å². The van der Waals surface area contributed by atoms with E-state index in [2.05, 4.69) is 24.9 Å². The van der Waals surface area contributed by atoms with Gasteiger partial charge >= 0.3 is 0 Å². The van der Waals surface area contributed by atoms with Crippen molar-refractivity contribution in [2.24, 2.45) is 0 Å². The average molecular weight is 338 g/mol. The fraction of sp³-hybridized carbons (Fsp3) is 0.389. The zero-order chi connectivity index (χ0) is 16.8. The molecule has 128 valence electrons. The molecule has 0 amide bonds. The Morgan fingerprint density at radius 1 is 1.08 bits per heavy atom. The summed E-state index contributed by atoms with van der Waals surface area (Å²) in [5, 5.41) is 5.26. The molecule has 1 atom stereocenters. The van der Waals surface area contributed by atoms with Crippen LogP contribution in [-0.4, -0.2) is 56.9 Å². The Bertz CT molecular complexity index is 923. The lowest BCUT2D eigenvalue weighted by Crippen LogP contribution is -2.50. The summed E-state index contributed by atoms with van der Waals surface area (Å²) in [4.78, 5) is 13.8. The molecule has 0 aliphatic carbocycles. The van der Waals surface area contributed by atoms with Gasteiger partial charge in [-0.3, -0.25) is 4.90 Å². The van der Waals surface area contributed by atoms with Gasteiger partial charge in [-0.2, -0.15) is 5.10 Å². The minimum absolute atomic E-state index is 0.313. The number of hydrogen-bond donors (Lipinski definition) is 0. The molecule has 5 rings (SSSR count). The molecule has 0 bridgehead atoms. The van der Waals surface area contributed by atoms with Crippen LogP contribution in [0.3, 0.4) is 0 Å². The maximum Gasteiger partial charge on any atom is 0.168 e. The molecule has 4 heterocycles. The number of para-hydroxylation sites is 1. The number of nitrogens with zero attached hydrogens (tertiary/aromatic N) is 6. The highest BCUT2D eigenvalue weighted by Crippen LogP contribution is 2.29. The number of rotatable bonds is 2. The summed E-state index contributed by atoms with van der Waals surface area (Å²) in [6, 6.07) is 7.23. The van der Waals surface area contributed by atoms with Crippen molar-refractivity contribution in [1.29, 1.82) is 0 Å². The van der Waals surface area contributed by atoms with E-state index in [0.717, 1.165) is 30.8 Å². The minimum Gasteiger partial charge on any atom is -0.353 e. The first kappa shape index (κ1) is 14.8. The van der Waals surface area contributed by atoms with Gasteiger partial charge in [-0.1, -0.05) is 12.1 Å². The second kappa shape index (κ2) is 5.77. The van der Waals surface area contributed by atoms with E-state index in [1.165, 1.54) is 25.5 Å². The molecule has 6 nitrogen and oxygen atoms in total. The van der Waals surface area contributed by atoms with E-state index >= 15 is 0 Å². The smallest absolute Gasteiger partial charge is 0.168 e. The largest absolute Gasteiger partial charge is 0.353 e. The lowest BCUT2D eigenvalue weighted by molar-refractivity contribution is 0.230. The number of halogens is 1. The molecule has 2 saturated heterocycles. The maximum absolute atomic E-state index is 14.2. The van der Waals surface area contributed by atoms with Crippen LogP contribution in [0.2, 0.25) is 0 Å². The van der Waals surface area contributed by atoms with Crippen LogP contribution in [-0.2, 0) is 0 Å². The monoisotopic (exact) mass is 338 g/mol. The van der Waals surface area contributed by atoms with E-state index in [1.807, 2.05) is 0 Å². The van der Waals surface area contributed by atoms with Crippen LogP contribution in [0.25, 0.3) is 16.7 Å². The summed E-state index contributed by atoms with van der Waals surface area (Å²) < 4.78 is 15.7. The molecule has 2 aliphatic rings. The molecular weight excluding hydrogens is 319 g/mol. The van der Waals surface area contributed by atoms with Crippen molar-refractivity contribution in [3.8, 4) is 5.69 Å². The van der Waals surface area contributed by atoms with Crippen LogP contribution in [0.15, 0.2) is 36.8 Å². The highest BCUT2D eigenvalue weighted by molar-refractivity contribution is 5.87. The van der Waals surface area contributed by atoms with E-state index in [0.29, 0.717) is 17.4 Å². The molecule has 1 aromatic carbocycles. The molecule has 3 aromatic rings. The molecule has 1 unspecified atom stereocenters. The van der Waals surface area contributed by atoms with Gasteiger partial charge in [0.25, 0.3) is 0 Å². The van der Waals surface area contributed by atoms with Gasteiger partial charge in [-0.25, -0.2) is 19.0 Å². The van der Waals surface area contributed by atoms with Crippen molar-refractivity contribution in [2.45, 2.75) is 18.9 Å². The predicted molar refractivity (Wildman–Crippen MR) is 93.4 cm³/mol. The number of fused-ring (bicyclic) bond motifs is 2. The summed E-state index contributed by atoms with van der Waals surface area (Å²) in [6.07, 6.45) is 5.83. The molecule has 2 aromatic heterocycles. The van der Waals surface area contributed by atoms with Crippen LogP contribution < -0.4 is 4.90 Å². The third-order valence-electron chi connectivity index (χ3n) is 5.31. The van der Waals surface area contributed by atoms with Gasteiger partial charge in [0.05, 0.1) is 11.6 Å². The first-order valence-electron chi connectivity index (χ1n) is 8.74. The molecule has 2 aliphatic heterocycles. The third kappa shape index (κ3) is 2.38. The van der Waals surface area contributed by atoms with E-state index in [-0.39, 0.29) is 5.82 Å². The van der Waals surface area contributed by atoms with E-state index in [9.17, 15) is 4.39 Å². The summed E-state index contributed by atoms with van der Waals surface area (Å²) >= 11 is 0. The molecule has 7 heteroatoms. The van der Waals surface area contributed by atoms with Gasteiger partial charge in [0.1, 0.15) is 23.6 Å². The summed E-state index contributed by atoms with van der Waals surface area (Å²) in [6.45, 7) is 4.21. The number of aromatic nitrogens is 4. The van der Waals surface area contributed by atoms with Gasteiger partial charge < -0.3 is 4.90 Å². The highest BCUT2D eigenvalue weighted by atomic mass is 19.1. The Labute approximate surface area is 144 Å². The van der Waals surface area contributed by atoms with Crippen molar-refractivity contribution in [3.63, 3.8) is 0 Å². The fourth-order valence-electron chi connectivity index (χ4n) is 4.07. The van der Waals surface area contributed by atoms with E-state index < -0.39 is 0 Å². The van der Waals surface area contributed by atoms with Crippen molar-refractivity contribution in [2.75, 3.05) is 31.1 Å². The Morgan fingerprint density at radius 2 is 2.00 bits per heavy atom. The Morgan fingerprint density at radius 3 is 2.92 bits per heavy atom. The average Bonchev–Trinajstić information content (AvgIpc) is 3.28. The third-order valence-corrected chi connectivity index (χ3v) is 5.31. The van der Waals surface area contributed by atoms with Crippen molar-refractivity contribution >= 4 is 16.9 Å². The van der Waals surface area contributed by atoms with Gasteiger partial charge in [0, 0.05) is 25.7 Å². The molecule has 25 heavy (non-hydrogen) atoms. The van der Waals surface area contributed by atoms with E-state index in [1.54, 1.807) is 35.4 Å². The SMILES string of the molecule is Fc1ccccc1-n1ncc2c(N3CCN4CCCC4C3)ncnc21. The number of anilines is 1. The van der Waals surface area contributed by atoms with Crippen LogP contribution in [0.1, 0.15) is 12.8 Å². The highest BCUT2D eigenvalue weighted by Gasteiger charge is 2.32. The van der Waals surface area contributed by atoms with E-state index in [4.69, 9.17) is 0 Å². The topological polar surface area (TPSA) is 50.1 Å². The van der Waals surface area contributed by atoms with Crippen LogP contribution >= 0.6 is 0 Å². The van der Waals surface area contributed by atoms with Crippen molar-refractivity contribution in [1.82, 2.24) is 24.6 Å². The lowest BCUT2D eigenvalue weighted by atomic mass is 10.1. The normalized spacial score (nSPS) is 21.0. The van der Waals surface area contributed by atoms with Gasteiger partial charge in [-0.05, 0) is 31.5 Å². The first-order valence-corrected chi connectivity index (χ1v) is 8.74. The van der Waals surface area contributed by atoms with Crippen LogP contribution in [0.4, 0.5) is 10.2 Å². The molecule has 0 saturated carbocycles. The van der Waals surface area contributed by atoms with Crippen molar-refractivity contribution < 1.29 is 4.39 Å². The Balaban J connectivity index is 1.56. The lowest BCUT2D eigenvalue weighted by Gasteiger charge is -2.38. The van der Waals surface area contributed by atoms with Crippen LogP contribution in [0.5, 0.6) is 0 Å². The second-order valence-corrected chi connectivity index (χ2v) is 6.72. The zero-order valence-electron chi connectivity index (χ0n) is 13.8. The number of hydrogen-bond acceptors (Lipinski definition) is 5. The zero-order valence-corrected chi connectivity index (χ0v) is 13.8. The van der Waals surface area contributed by atoms with Gasteiger partial charge in [-0.15, -0.1) is 0 Å². The minimum atomic E-state index is -0.313. The summed E-state index contributed by atoms with van der Waals surface area (Å²) in [7, 11) is 0. The molecule has 0 spiro atoms. The summed E-state index contributed by atoms with van der Waals surface area (Å²) in [5.74, 6) is 0.589.